The van der Waals surface area contributed by atoms with Gasteiger partial charge in [0.25, 0.3) is 0 Å². The number of pyridine rings is 1. The molecule has 7 nitrogen and oxygen atoms in total. The Kier molecular flexibility index (Phi) is 8.62. The number of aliphatic carboxylic acids is 1. The number of ether oxygens (including phenoxy) is 1. The first-order chi connectivity index (χ1) is 14.5. The number of anilines is 1. The largest absolute Gasteiger partial charge is 0.481 e. The second-order valence-corrected chi connectivity index (χ2v) is 9.34. The minimum Gasteiger partial charge on any atom is -0.481 e. The molecule has 166 valence electrons. The number of rotatable bonds is 8. The number of hydrogen-bond donors (Lipinski definition) is 2. The van der Waals surface area contributed by atoms with Gasteiger partial charge in [-0.2, -0.15) is 0 Å². The molecule has 2 atom stereocenters. The normalized spacial score (nSPS) is 13.2. The molecule has 0 fully saturated rings. The molecule has 0 aliphatic heterocycles. The molecule has 0 aliphatic rings. The number of aromatic nitrogens is 1. The number of carbonyl (C=O) groups is 3. The van der Waals surface area contributed by atoms with E-state index in [0.717, 1.165) is 22.9 Å². The van der Waals surface area contributed by atoms with Gasteiger partial charge in [0, 0.05) is 24.8 Å². The van der Waals surface area contributed by atoms with Gasteiger partial charge in [-0.05, 0) is 44.4 Å². The topological polar surface area (TPSA) is 106 Å². The Morgan fingerprint density at radius 3 is 2.32 bits per heavy atom. The van der Waals surface area contributed by atoms with E-state index >= 15 is 0 Å². The molecule has 8 heteroatoms. The van der Waals surface area contributed by atoms with E-state index < -0.39 is 29.5 Å². The fourth-order valence-corrected chi connectivity index (χ4v) is 3.82. The maximum absolute atomic E-state index is 12.0. The summed E-state index contributed by atoms with van der Waals surface area (Å²) in [6, 6.07) is 13.0. The van der Waals surface area contributed by atoms with E-state index in [1.807, 2.05) is 30.3 Å². The summed E-state index contributed by atoms with van der Waals surface area (Å²) in [7, 11) is 0. The average Bonchev–Trinajstić information content (AvgIpc) is 2.66. The van der Waals surface area contributed by atoms with Crippen molar-refractivity contribution in [1.82, 2.24) is 4.98 Å². The molecular formula is C23H28N2O5S. The summed E-state index contributed by atoms with van der Waals surface area (Å²) in [5, 5.41) is 12.3. The molecule has 0 radical (unpaired) electrons. The second kappa shape index (κ2) is 10.9. The summed E-state index contributed by atoms with van der Waals surface area (Å²) < 4.78 is 5.22. The zero-order valence-electron chi connectivity index (χ0n) is 18.1. The van der Waals surface area contributed by atoms with Gasteiger partial charge in [-0.15, -0.1) is 0 Å². The molecule has 0 aliphatic carbocycles. The van der Waals surface area contributed by atoms with E-state index in [2.05, 4.69) is 10.3 Å². The van der Waals surface area contributed by atoms with Gasteiger partial charge >= 0.3 is 12.1 Å². The quantitative estimate of drug-likeness (QED) is 0.606. The number of carboxylic acid groups (broad SMARTS) is 1. The van der Waals surface area contributed by atoms with Crippen LogP contribution in [0, 0.1) is 5.92 Å². The fourth-order valence-electron chi connectivity index (χ4n) is 3.03. The van der Waals surface area contributed by atoms with Crippen molar-refractivity contribution in [2.45, 2.75) is 45.6 Å². The van der Waals surface area contributed by atoms with Gasteiger partial charge in [0.2, 0.25) is 0 Å². The lowest BCUT2D eigenvalue weighted by atomic mass is 9.83. The highest BCUT2D eigenvalue weighted by molar-refractivity contribution is 8.13. The number of carbonyl (C=O) groups excluding carboxylic acids is 2. The van der Waals surface area contributed by atoms with Crippen LogP contribution in [0.4, 0.5) is 10.6 Å². The number of thioether (sulfide) groups is 1. The fraction of sp³-hybridized carbons (Fsp3) is 0.391. The van der Waals surface area contributed by atoms with Gasteiger partial charge in [0.15, 0.2) is 5.12 Å². The van der Waals surface area contributed by atoms with E-state index in [1.165, 1.54) is 6.92 Å². The molecule has 0 spiro atoms. The Hall–Kier alpha value is -2.87. The van der Waals surface area contributed by atoms with Crippen molar-refractivity contribution in [3.8, 4) is 0 Å². The number of hydrogen-bond acceptors (Lipinski definition) is 6. The third-order valence-corrected chi connectivity index (χ3v) is 5.34. The lowest BCUT2D eigenvalue weighted by Gasteiger charge is -2.24. The van der Waals surface area contributed by atoms with Crippen LogP contribution in [-0.4, -0.2) is 38.6 Å². The maximum atomic E-state index is 12.0. The van der Waals surface area contributed by atoms with Crippen molar-refractivity contribution < 1.29 is 24.2 Å². The third kappa shape index (κ3) is 8.41. The smallest absolute Gasteiger partial charge is 0.413 e. The van der Waals surface area contributed by atoms with Gasteiger partial charge in [-0.3, -0.25) is 14.9 Å². The van der Waals surface area contributed by atoms with E-state index in [9.17, 15) is 19.5 Å². The van der Waals surface area contributed by atoms with Gasteiger partial charge in [0.05, 0.1) is 5.92 Å². The summed E-state index contributed by atoms with van der Waals surface area (Å²) in [5.41, 5.74) is 1.08. The summed E-state index contributed by atoms with van der Waals surface area (Å²) in [6.07, 6.45) is 1.43. The minimum atomic E-state index is -0.967. The predicted octanol–water partition coefficient (Wildman–Crippen LogP) is 4.74. The first-order valence-corrected chi connectivity index (χ1v) is 10.9. The Morgan fingerprint density at radius 1 is 1.13 bits per heavy atom. The predicted molar refractivity (Wildman–Crippen MR) is 121 cm³/mol. The van der Waals surface area contributed by atoms with Crippen molar-refractivity contribution in [2.24, 2.45) is 5.92 Å². The highest BCUT2D eigenvalue weighted by Crippen LogP contribution is 2.32. The SMILES string of the molecule is CC(=O)SCC(C(=O)O)C(Cc1ccccc1)c1ccc(NC(=O)OC(C)(C)C)nc1. The Balaban J connectivity index is 2.26. The average molecular weight is 445 g/mol. The lowest BCUT2D eigenvalue weighted by Crippen LogP contribution is -2.28. The molecule has 31 heavy (non-hydrogen) atoms. The number of benzene rings is 1. The number of amides is 1. The van der Waals surface area contributed by atoms with Gasteiger partial charge in [-0.25, -0.2) is 9.78 Å². The van der Waals surface area contributed by atoms with E-state index in [4.69, 9.17) is 4.74 Å². The Labute approximate surface area is 186 Å². The zero-order chi connectivity index (χ0) is 23.0. The molecule has 0 saturated carbocycles. The van der Waals surface area contributed by atoms with Crippen LogP contribution in [-0.2, 0) is 20.7 Å². The van der Waals surface area contributed by atoms with Crippen molar-refractivity contribution >= 4 is 34.8 Å². The summed E-state index contributed by atoms with van der Waals surface area (Å²) in [6.45, 7) is 6.72. The molecule has 0 saturated heterocycles. The first kappa shape index (κ1) is 24.4. The highest BCUT2D eigenvalue weighted by atomic mass is 32.2. The Bertz CT molecular complexity index is 894. The van der Waals surface area contributed by atoms with Crippen LogP contribution in [0.25, 0.3) is 0 Å². The molecule has 2 unspecified atom stereocenters. The zero-order valence-corrected chi connectivity index (χ0v) is 18.9. The summed E-state index contributed by atoms with van der Waals surface area (Å²) in [5.74, 6) is -1.66. The molecule has 1 aromatic carbocycles. The summed E-state index contributed by atoms with van der Waals surface area (Å²) in [4.78, 5) is 39.7. The lowest BCUT2D eigenvalue weighted by molar-refractivity contribution is -0.141. The molecule has 0 bridgehead atoms. The molecule has 1 amide bonds. The first-order valence-electron chi connectivity index (χ1n) is 9.91. The van der Waals surface area contributed by atoms with Crippen LogP contribution in [0.2, 0.25) is 0 Å². The minimum absolute atomic E-state index is 0.125. The highest BCUT2D eigenvalue weighted by Gasteiger charge is 2.30. The van der Waals surface area contributed by atoms with Crippen molar-refractivity contribution in [2.75, 3.05) is 11.1 Å². The van der Waals surface area contributed by atoms with Crippen molar-refractivity contribution in [3.05, 3.63) is 59.8 Å². The van der Waals surface area contributed by atoms with Crippen LogP contribution in [0.5, 0.6) is 0 Å². The second-order valence-electron chi connectivity index (χ2n) is 8.15. The molecule has 1 aromatic heterocycles. The van der Waals surface area contributed by atoms with Crippen LogP contribution >= 0.6 is 11.8 Å². The Morgan fingerprint density at radius 2 is 1.81 bits per heavy atom. The van der Waals surface area contributed by atoms with Gasteiger partial charge < -0.3 is 9.84 Å². The van der Waals surface area contributed by atoms with Crippen LogP contribution < -0.4 is 5.32 Å². The molecule has 2 rings (SSSR count). The molecule has 1 heterocycles. The van der Waals surface area contributed by atoms with Gasteiger partial charge in [-0.1, -0.05) is 48.2 Å². The van der Waals surface area contributed by atoms with E-state index in [0.29, 0.717) is 12.2 Å². The molecule has 2 aromatic rings. The monoisotopic (exact) mass is 444 g/mol. The third-order valence-electron chi connectivity index (χ3n) is 4.41. The summed E-state index contributed by atoms with van der Waals surface area (Å²) >= 11 is 1.00. The number of carboxylic acids is 1. The van der Waals surface area contributed by atoms with Crippen molar-refractivity contribution in [1.29, 1.82) is 0 Å². The number of nitrogens with one attached hydrogen (secondary N) is 1. The molecular weight excluding hydrogens is 416 g/mol. The standard InChI is InChI=1S/C23H28N2O5S/c1-15(26)31-14-19(21(27)28)18(12-16-8-6-5-7-9-16)17-10-11-20(24-13-17)25-22(29)30-23(2,3)4/h5-11,13,18-19H,12,14H2,1-4H3,(H,27,28)(H,24,25,29). The van der Waals surface area contributed by atoms with E-state index in [-0.39, 0.29) is 10.9 Å². The van der Waals surface area contributed by atoms with Crippen LogP contribution in [0.1, 0.15) is 44.7 Å². The van der Waals surface area contributed by atoms with Crippen molar-refractivity contribution in [3.63, 3.8) is 0 Å². The maximum Gasteiger partial charge on any atom is 0.413 e. The molecule has 2 N–H and O–H groups in total. The van der Waals surface area contributed by atoms with Crippen LogP contribution in [0.3, 0.4) is 0 Å². The number of nitrogens with zero attached hydrogens (tertiary/aromatic N) is 1. The van der Waals surface area contributed by atoms with Crippen LogP contribution in [0.15, 0.2) is 48.7 Å². The van der Waals surface area contributed by atoms with E-state index in [1.54, 1.807) is 39.1 Å². The van der Waals surface area contributed by atoms with Gasteiger partial charge in [0.1, 0.15) is 11.4 Å².